The Hall–Kier alpha value is -6.78. The number of piperazine rings is 1. The first-order valence-corrected chi connectivity index (χ1v) is 38.3. The summed E-state index contributed by atoms with van der Waals surface area (Å²) in [4.78, 5) is 122. The van der Waals surface area contributed by atoms with Crippen molar-refractivity contribution in [3.05, 3.63) is 69.8 Å². The number of hydrogen-bond donors (Lipinski definition) is 7. The molecule has 1 aromatic carbocycles. The number of nitrogens with zero attached hydrogens (tertiary/aromatic N) is 3. The number of Topliss-reactive ketones (excluding diaryl/α,β-unsaturated/α-hetero) is 4. The van der Waals surface area contributed by atoms with Crippen LogP contribution in [0.15, 0.2) is 47.5 Å². The minimum absolute atomic E-state index is 0.0170. The van der Waals surface area contributed by atoms with E-state index in [1.807, 2.05) is 25.9 Å². The zero-order valence-corrected chi connectivity index (χ0v) is 68.0. The van der Waals surface area contributed by atoms with Gasteiger partial charge in [0.15, 0.2) is 18.7 Å². The van der Waals surface area contributed by atoms with Gasteiger partial charge >= 0.3 is 23.8 Å². The second kappa shape index (κ2) is 35.3. The Morgan fingerprint density at radius 1 is 0.718 bits per heavy atom. The number of allylic oxidation sites excluding steroid dienone is 4. The summed E-state index contributed by atoms with van der Waals surface area (Å²) in [6.07, 6.45) is -9.31. The molecule has 0 unspecified atom stereocenters. The quantitative estimate of drug-likeness (QED) is 0.0908. The average molecular weight is 1550 g/mol. The second-order valence-corrected chi connectivity index (χ2v) is 32.5. The number of rotatable bonds is 12. The molecule has 2 amide bonds. The third-order valence-corrected chi connectivity index (χ3v) is 24.2. The first kappa shape index (κ1) is 88.8. The van der Waals surface area contributed by atoms with Crippen LogP contribution in [0.2, 0.25) is 0 Å². The van der Waals surface area contributed by atoms with Gasteiger partial charge in [0.05, 0.1) is 83.3 Å². The molecule has 7 N–H and O–H groups in total. The van der Waals surface area contributed by atoms with E-state index < -0.39 is 231 Å². The van der Waals surface area contributed by atoms with Crippen LogP contribution >= 0.6 is 0 Å². The number of ketones is 4. The molecule has 616 valence electrons. The molecule has 7 aliphatic heterocycles. The largest absolute Gasteiger partial charge is 0.507 e. The summed E-state index contributed by atoms with van der Waals surface area (Å²) in [5.74, 6) is -15.9. The fourth-order valence-corrected chi connectivity index (χ4v) is 17.1. The van der Waals surface area contributed by atoms with Gasteiger partial charge in [0, 0.05) is 126 Å². The highest BCUT2D eigenvalue weighted by Crippen LogP contribution is 2.50. The van der Waals surface area contributed by atoms with Gasteiger partial charge in [-0.3, -0.25) is 33.6 Å². The van der Waals surface area contributed by atoms with E-state index in [2.05, 4.69) is 5.32 Å². The van der Waals surface area contributed by atoms with Gasteiger partial charge in [-0.2, -0.15) is 0 Å². The molecule has 0 saturated carbocycles. The normalized spacial score (nSPS) is 39.7. The van der Waals surface area contributed by atoms with Crippen molar-refractivity contribution in [1.82, 2.24) is 20.0 Å². The van der Waals surface area contributed by atoms with Crippen molar-refractivity contribution in [3.8, 4) is 11.5 Å². The average Bonchev–Trinajstić information content (AvgIpc) is 1.49. The minimum Gasteiger partial charge on any atom is -0.507 e. The highest BCUT2D eigenvalue weighted by atomic mass is 16.7. The number of methoxy groups -OCH3 is 3. The molecule has 30 heteroatoms. The zero-order valence-electron chi connectivity index (χ0n) is 68.0. The molecule has 4 fully saturated rings. The SMILES string of the molecule is CC[C@H]1OC(=O)[C@H](C)[C@@H](O[C@H]2C[C@@](C)(OC)[C@@H](OC(=O)N3CCN(C4=C5NC(=O)C(C)=CC=C[C@H](C)[C@H](O)[C@@H](C)[C@@H](O)[C@@H](C)[C@H](OC(C)=O)[C@H](C)[C@@H](OC)C=CO[C@@]6(C)Oc7c(C)c(O)c(c(c7C6=O)C4=O)C5=O)CC3)[C@H](C)O2)[C@H](C)[C@@H](O[C@@H]2O[C@H](C)C[C@H](N(C)C)[C@H]2O)[C@](C)(OC)C[C@@H](C)C(=O)[C@H](C)[C@@H](O)[C@]1(C)O. The van der Waals surface area contributed by atoms with Crippen LogP contribution in [0.3, 0.4) is 0 Å². The molecule has 8 aliphatic rings. The number of aromatic hydroxyl groups is 1. The Morgan fingerprint density at radius 3 is 1.94 bits per heavy atom. The number of carbonyl (C=O) groups excluding carboxylic acids is 8. The van der Waals surface area contributed by atoms with Crippen LogP contribution in [-0.4, -0.2) is 268 Å². The lowest BCUT2D eigenvalue weighted by atomic mass is 9.74. The number of amides is 2. The molecule has 1 aromatic rings. The fraction of sp³-hybridized carbons (Fsp3) is 0.725. The molecular weight excluding hydrogens is 1430 g/mol. The summed E-state index contributed by atoms with van der Waals surface area (Å²) in [5, 5.41) is 73.8. The van der Waals surface area contributed by atoms with Crippen molar-refractivity contribution in [1.29, 1.82) is 0 Å². The summed E-state index contributed by atoms with van der Waals surface area (Å²) in [5.41, 5.74) is -7.48. The number of phenols is 1. The van der Waals surface area contributed by atoms with E-state index in [9.17, 15) is 54.6 Å². The Morgan fingerprint density at radius 2 is 1.35 bits per heavy atom. The Labute approximate surface area is 645 Å². The number of carbonyl (C=O) groups is 8. The molecule has 4 saturated heterocycles. The lowest BCUT2D eigenvalue weighted by molar-refractivity contribution is -0.319. The first-order chi connectivity index (χ1) is 51.3. The van der Waals surface area contributed by atoms with Gasteiger partial charge in [-0.15, -0.1) is 0 Å². The van der Waals surface area contributed by atoms with Crippen LogP contribution in [-0.2, 0) is 71.3 Å². The van der Waals surface area contributed by atoms with Crippen LogP contribution in [0.4, 0.5) is 4.79 Å². The van der Waals surface area contributed by atoms with Crippen LogP contribution in [0, 0.1) is 54.3 Å². The van der Waals surface area contributed by atoms with Gasteiger partial charge in [0.25, 0.3) is 11.7 Å². The number of aliphatic hydroxyl groups excluding tert-OH is 4. The number of cyclic esters (lactones) is 1. The first-order valence-electron chi connectivity index (χ1n) is 38.3. The predicted molar refractivity (Wildman–Crippen MR) is 397 cm³/mol. The molecule has 1 aliphatic carbocycles. The van der Waals surface area contributed by atoms with Crippen molar-refractivity contribution >= 4 is 47.1 Å². The predicted octanol–water partition coefficient (Wildman–Crippen LogP) is 6.17. The summed E-state index contributed by atoms with van der Waals surface area (Å²) in [6.45, 7) is 27.9. The molecule has 30 nitrogen and oxygen atoms in total. The molecule has 0 aromatic heterocycles. The number of esters is 2. The van der Waals surface area contributed by atoms with Crippen molar-refractivity contribution in [2.75, 3.05) is 61.6 Å². The maximum absolute atomic E-state index is 15.7. The smallest absolute Gasteiger partial charge is 0.410 e. The molecule has 7 heterocycles. The summed E-state index contributed by atoms with van der Waals surface area (Å²) >= 11 is 0. The van der Waals surface area contributed by atoms with Gasteiger partial charge in [-0.1, -0.05) is 73.6 Å². The highest BCUT2D eigenvalue weighted by Gasteiger charge is 2.58. The molecule has 9 rings (SSSR count). The number of hydrogen-bond acceptors (Lipinski definition) is 28. The third-order valence-electron chi connectivity index (χ3n) is 24.2. The summed E-state index contributed by atoms with van der Waals surface area (Å²) in [7, 11) is 7.93. The number of ether oxygens (including phenoxy) is 12. The Balaban J connectivity index is 1.10. The Bertz CT molecular complexity index is 3700. The van der Waals surface area contributed by atoms with Crippen LogP contribution < -0.4 is 10.1 Å². The van der Waals surface area contributed by atoms with Crippen molar-refractivity contribution in [2.24, 2.45) is 47.3 Å². The number of aliphatic hydroxyl groups is 5. The number of benzene rings is 1. The van der Waals surface area contributed by atoms with Gasteiger partial charge in [0.2, 0.25) is 11.6 Å². The molecular formula is C80H120N4O26. The van der Waals surface area contributed by atoms with Crippen molar-refractivity contribution in [2.45, 2.75) is 265 Å². The molecule has 27 atom stereocenters. The van der Waals surface area contributed by atoms with Gasteiger partial charge < -0.3 is 107 Å². The topological polar surface area (TPSA) is 390 Å². The number of phenolic OH excluding ortho intramolecular Hbond substituents is 1. The van der Waals surface area contributed by atoms with E-state index in [-0.39, 0.29) is 74.1 Å². The van der Waals surface area contributed by atoms with Crippen molar-refractivity contribution in [3.63, 3.8) is 0 Å². The molecule has 0 radical (unpaired) electrons. The summed E-state index contributed by atoms with van der Waals surface area (Å²) < 4.78 is 76.1. The van der Waals surface area contributed by atoms with E-state index in [1.54, 1.807) is 82.2 Å². The van der Waals surface area contributed by atoms with E-state index in [1.165, 1.54) is 90.9 Å². The fourth-order valence-electron chi connectivity index (χ4n) is 17.1. The van der Waals surface area contributed by atoms with Gasteiger partial charge in [-0.25, -0.2) is 4.79 Å². The highest BCUT2D eigenvalue weighted by molar-refractivity contribution is 6.32. The lowest BCUT2D eigenvalue weighted by Crippen LogP contribution is -2.62. The van der Waals surface area contributed by atoms with E-state index in [0.717, 1.165) is 6.26 Å². The monoisotopic (exact) mass is 1550 g/mol. The number of fused-ring (bicyclic) bond motifs is 14. The maximum atomic E-state index is 15.7. The van der Waals surface area contributed by atoms with Crippen LogP contribution in [0.25, 0.3) is 0 Å². The molecule has 5 bridgehead atoms. The van der Waals surface area contributed by atoms with E-state index >= 15 is 14.4 Å². The van der Waals surface area contributed by atoms with Crippen LogP contribution in [0.1, 0.15) is 180 Å². The second-order valence-electron chi connectivity index (χ2n) is 32.5. The lowest BCUT2D eigenvalue weighted by Gasteiger charge is -2.50. The molecule has 110 heavy (non-hydrogen) atoms. The molecule has 0 spiro atoms. The van der Waals surface area contributed by atoms with E-state index in [0.29, 0.717) is 6.42 Å². The Kier molecular flexibility index (Phi) is 28.5. The number of nitrogens with one attached hydrogen (secondary N) is 1. The van der Waals surface area contributed by atoms with E-state index in [4.69, 9.17) is 56.8 Å². The maximum Gasteiger partial charge on any atom is 0.410 e. The zero-order chi connectivity index (χ0) is 82.2. The van der Waals surface area contributed by atoms with Gasteiger partial charge in [-0.05, 0) is 94.8 Å². The van der Waals surface area contributed by atoms with Crippen molar-refractivity contribution < 1.29 is 126 Å². The van der Waals surface area contributed by atoms with Crippen LogP contribution in [0.5, 0.6) is 11.5 Å². The standard InChI is InChI=1S/C80H120N4O26/c1-24-52-79(17,98)69(93)45(10)60(87)39(4)35-77(15,100-22)71(108-75-63(90)50(82(19)20)34-40(5)103-75)46(11)67(47(12)74(96)106-52)107-53-36-78(16,101-23)72(48(13)104-53)109-76(97)84-31-29-83(30-32-84)58-57-64(91)55-54(65(58)92)56-68(44(9)62(55)89)110-80(18,70(56)94)102-33-28-51(99-21)41(6)66(105-49(14)85)43(8)61(88)42(7)59(86)37(2)26-25-27-38(3)73(95)81-57/h25-28,33,37,39-43,45-48,50-53,59,61,63,66-67,69,71-72,75,86,88-90,93,98H,24,29-32,34-36H2,1-23H3,(H,81,95)/t37-,39+,40+,41+,42+,43+,45-,46-,47+,48-,50-,51-,52+,53-,59-,61+,63+,66+,67-,69+,71+,72-,75-,77+,78+,79+,80-/m0/s1. The minimum atomic E-state index is -2.24. The number of likely N-dealkylation sites (N-methyl/N-ethyl adjacent to an activating group) is 1. The summed E-state index contributed by atoms with van der Waals surface area (Å²) in [6, 6.07) is -0.408. The van der Waals surface area contributed by atoms with Gasteiger partial charge in [0.1, 0.15) is 58.2 Å². The third kappa shape index (κ3) is 17.8.